The number of hydrogen-bond donors (Lipinski definition) is 0. The van der Waals surface area contributed by atoms with E-state index in [0.717, 1.165) is 6.29 Å². The Morgan fingerprint density at radius 1 is 1.29 bits per heavy atom. The van der Waals surface area contributed by atoms with Crippen molar-refractivity contribution in [1.29, 1.82) is 0 Å². The van der Waals surface area contributed by atoms with E-state index in [1.807, 2.05) is 13.0 Å². The summed E-state index contributed by atoms with van der Waals surface area (Å²) in [6, 6.07) is 8.37. The van der Waals surface area contributed by atoms with Gasteiger partial charge in [0.2, 0.25) is 0 Å². The molecule has 78 valence electrons. The molecule has 0 heterocycles. The normalized spacial score (nSPS) is 8.79. The van der Waals surface area contributed by atoms with Crippen molar-refractivity contribution in [2.24, 2.45) is 0 Å². The summed E-state index contributed by atoms with van der Waals surface area (Å²) in [6.45, 7) is 4.01. The van der Waals surface area contributed by atoms with E-state index < -0.39 is 0 Å². The van der Waals surface area contributed by atoms with Crippen LogP contribution < -0.4 is 0 Å². The minimum absolute atomic E-state index is 0.639. The first-order chi connectivity index (χ1) is 6.76. The summed E-state index contributed by atoms with van der Waals surface area (Å²) in [5.74, 6) is 0. The summed E-state index contributed by atoms with van der Waals surface area (Å²) in [6.07, 6.45) is 3.89. The fraction of sp³-hybridized carbons (Fsp3) is 0.417. The molecule has 0 atom stereocenters. The summed E-state index contributed by atoms with van der Waals surface area (Å²) < 4.78 is 1.23. The van der Waals surface area contributed by atoms with Gasteiger partial charge < -0.3 is 4.79 Å². The SMILES string of the molecule is CCC=O.CCCc1ccccc1Br. The maximum absolute atomic E-state index is 9.17. The van der Waals surface area contributed by atoms with Gasteiger partial charge in [0.05, 0.1) is 0 Å². The monoisotopic (exact) mass is 256 g/mol. The van der Waals surface area contributed by atoms with Gasteiger partial charge in [-0.1, -0.05) is 54.4 Å². The third-order valence-electron chi connectivity index (χ3n) is 1.64. The summed E-state index contributed by atoms with van der Waals surface area (Å²) in [7, 11) is 0. The Morgan fingerprint density at radius 2 is 1.86 bits per heavy atom. The van der Waals surface area contributed by atoms with E-state index in [2.05, 4.69) is 41.1 Å². The van der Waals surface area contributed by atoms with Crippen LogP contribution in [0.25, 0.3) is 0 Å². The van der Waals surface area contributed by atoms with Crippen LogP contribution in [-0.2, 0) is 11.2 Å². The van der Waals surface area contributed by atoms with Crippen LogP contribution in [0.2, 0.25) is 0 Å². The molecule has 1 nitrogen and oxygen atoms in total. The number of halogens is 1. The van der Waals surface area contributed by atoms with Crippen molar-refractivity contribution < 1.29 is 4.79 Å². The highest BCUT2D eigenvalue weighted by atomic mass is 79.9. The van der Waals surface area contributed by atoms with Gasteiger partial charge in [0, 0.05) is 10.9 Å². The van der Waals surface area contributed by atoms with E-state index in [0.29, 0.717) is 6.42 Å². The standard InChI is InChI=1S/C9H11Br.C3H6O/c1-2-5-8-6-3-4-7-9(8)10;1-2-3-4/h3-4,6-7H,2,5H2,1H3;3H,2H2,1H3. The van der Waals surface area contributed by atoms with Crippen LogP contribution in [0.5, 0.6) is 0 Å². The summed E-state index contributed by atoms with van der Waals surface area (Å²) in [4.78, 5) is 9.17. The predicted molar refractivity (Wildman–Crippen MR) is 64.5 cm³/mol. The van der Waals surface area contributed by atoms with Crippen molar-refractivity contribution in [3.05, 3.63) is 34.3 Å². The molecule has 0 fully saturated rings. The Morgan fingerprint density at radius 3 is 2.29 bits per heavy atom. The van der Waals surface area contributed by atoms with E-state index in [4.69, 9.17) is 0 Å². The summed E-state index contributed by atoms with van der Waals surface area (Å²) >= 11 is 3.50. The molecule has 0 N–H and O–H groups in total. The lowest BCUT2D eigenvalue weighted by Crippen LogP contribution is -1.82. The largest absolute Gasteiger partial charge is 0.303 e. The lowest BCUT2D eigenvalue weighted by molar-refractivity contribution is -0.107. The molecule has 0 amide bonds. The fourth-order valence-corrected chi connectivity index (χ4v) is 1.45. The zero-order valence-corrected chi connectivity index (χ0v) is 10.4. The van der Waals surface area contributed by atoms with Gasteiger partial charge in [-0.25, -0.2) is 0 Å². The molecule has 1 aromatic carbocycles. The Kier molecular flexibility index (Phi) is 8.54. The van der Waals surface area contributed by atoms with Crippen LogP contribution in [0.3, 0.4) is 0 Å². The molecule has 14 heavy (non-hydrogen) atoms. The van der Waals surface area contributed by atoms with Gasteiger partial charge in [-0.05, 0) is 18.1 Å². The van der Waals surface area contributed by atoms with Crippen LogP contribution in [0, 0.1) is 0 Å². The Labute approximate surface area is 94.7 Å². The first-order valence-corrected chi connectivity index (χ1v) is 5.72. The van der Waals surface area contributed by atoms with Gasteiger partial charge in [0.1, 0.15) is 6.29 Å². The van der Waals surface area contributed by atoms with E-state index in [-0.39, 0.29) is 0 Å². The molecule has 0 unspecified atom stereocenters. The molecule has 2 heteroatoms. The molecule has 1 aromatic rings. The van der Waals surface area contributed by atoms with Gasteiger partial charge >= 0.3 is 0 Å². The van der Waals surface area contributed by atoms with Crippen LogP contribution in [0.4, 0.5) is 0 Å². The van der Waals surface area contributed by atoms with Gasteiger partial charge in [0.15, 0.2) is 0 Å². The Bertz CT molecular complexity index is 258. The molecular formula is C12H17BrO. The topological polar surface area (TPSA) is 17.1 Å². The lowest BCUT2D eigenvalue weighted by Gasteiger charge is -1.99. The van der Waals surface area contributed by atoms with Crippen molar-refractivity contribution in [1.82, 2.24) is 0 Å². The second-order valence-electron chi connectivity index (χ2n) is 2.92. The second kappa shape index (κ2) is 8.95. The molecule has 0 aliphatic carbocycles. The van der Waals surface area contributed by atoms with E-state index in [9.17, 15) is 4.79 Å². The number of aryl methyl sites for hydroxylation is 1. The first-order valence-electron chi connectivity index (χ1n) is 4.93. The third-order valence-corrected chi connectivity index (χ3v) is 2.42. The van der Waals surface area contributed by atoms with Gasteiger partial charge in [-0.15, -0.1) is 0 Å². The molecular weight excluding hydrogens is 240 g/mol. The quantitative estimate of drug-likeness (QED) is 0.748. The maximum Gasteiger partial charge on any atom is 0.119 e. The molecule has 0 aliphatic heterocycles. The molecule has 0 spiro atoms. The Balaban J connectivity index is 0.000000364. The highest BCUT2D eigenvalue weighted by Gasteiger charge is 1.94. The molecule has 0 saturated heterocycles. The summed E-state index contributed by atoms with van der Waals surface area (Å²) in [5, 5.41) is 0. The molecule has 0 radical (unpaired) electrons. The average molecular weight is 257 g/mol. The molecule has 0 aliphatic rings. The van der Waals surface area contributed by atoms with Gasteiger partial charge in [0.25, 0.3) is 0 Å². The Hall–Kier alpha value is -0.630. The third kappa shape index (κ3) is 5.92. The van der Waals surface area contributed by atoms with Gasteiger partial charge in [-0.3, -0.25) is 0 Å². The van der Waals surface area contributed by atoms with Crippen LogP contribution in [-0.4, -0.2) is 6.29 Å². The summed E-state index contributed by atoms with van der Waals surface area (Å²) in [5.41, 5.74) is 1.41. The fourth-order valence-electron chi connectivity index (χ4n) is 0.970. The van der Waals surface area contributed by atoms with Gasteiger partial charge in [-0.2, -0.15) is 0 Å². The van der Waals surface area contributed by atoms with Crippen molar-refractivity contribution in [2.75, 3.05) is 0 Å². The lowest BCUT2D eigenvalue weighted by atomic mass is 10.1. The molecule has 0 saturated carbocycles. The minimum Gasteiger partial charge on any atom is -0.303 e. The maximum atomic E-state index is 9.17. The van der Waals surface area contributed by atoms with E-state index in [1.54, 1.807) is 0 Å². The number of carbonyl (C=O) groups is 1. The van der Waals surface area contributed by atoms with Crippen molar-refractivity contribution in [3.8, 4) is 0 Å². The number of carbonyl (C=O) groups excluding carboxylic acids is 1. The minimum atomic E-state index is 0.639. The average Bonchev–Trinajstić information content (AvgIpc) is 2.22. The predicted octanol–water partition coefficient (Wildman–Crippen LogP) is 4.00. The highest BCUT2D eigenvalue weighted by Crippen LogP contribution is 2.16. The molecule has 0 bridgehead atoms. The molecule has 0 aromatic heterocycles. The zero-order chi connectivity index (χ0) is 10.8. The number of benzene rings is 1. The van der Waals surface area contributed by atoms with E-state index >= 15 is 0 Å². The van der Waals surface area contributed by atoms with Crippen molar-refractivity contribution in [3.63, 3.8) is 0 Å². The van der Waals surface area contributed by atoms with Crippen LogP contribution in [0.1, 0.15) is 32.3 Å². The second-order valence-corrected chi connectivity index (χ2v) is 3.77. The molecule has 1 rings (SSSR count). The van der Waals surface area contributed by atoms with Crippen LogP contribution >= 0.6 is 15.9 Å². The smallest absolute Gasteiger partial charge is 0.119 e. The first kappa shape index (κ1) is 13.4. The van der Waals surface area contributed by atoms with Crippen LogP contribution in [0.15, 0.2) is 28.7 Å². The van der Waals surface area contributed by atoms with Crippen molar-refractivity contribution >= 4 is 22.2 Å². The highest BCUT2D eigenvalue weighted by molar-refractivity contribution is 9.10. The number of rotatable bonds is 3. The van der Waals surface area contributed by atoms with Crippen molar-refractivity contribution in [2.45, 2.75) is 33.1 Å². The number of aldehydes is 1. The number of hydrogen-bond acceptors (Lipinski definition) is 1. The zero-order valence-electron chi connectivity index (χ0n) is 8.79. The van der Waals surface area contributed by atoms with E-state index in [1.165, 1.54) is 22.9 Å².